The number of rotatable bonds is 7. The molecule has 0 aromatic rings. The molecular weight excluding hydrogens is 348 g/mol. The highest BCUT2D eigenvalue weighted by molar-refractivity contribution is 7.74. The third kappa shape index (κ3) is 4.23. The minimum Gasteiger partial charge on any atom is -0.456 e. The van der Waals surface area contributed by atoms with Crippen LogP contribution in [0.15, 0.2) is 0 Å². The fourth-order valence-electron chi connectivity index (χ4n) is 3.67. The zero-order valence-electron chi connectivity index (χ0n) is 15.4. The van der Waals surface area contributed by atoms with Gasteiger partial charge in [0.1, 0.15) is 12.2 Å². The van der Waals surface area contributed by atoms with Crippen LogP contribution in [-0.2, 0) is 34.6 Å². The van der Waals surface area contributed by atoms with Gasteiger partial charge in [-0.05, 0) is 52.4 Å². The summed E-state index contributed by atoms with van der Waals surface area (Å²) < 4.78 is 36.1. The molecule has 25 heavy (non-hydrogen) atoms. The number of carbonyl (C=O) groups excluding carboxylic acids is 2. The molecule has 0 aliphatic heterocycles. The van der Waals surface area contributed by atoms with Gasteiger partial charge in [-0.1, -0.05) is 13.8 Å². The summed E-state index contributed by atoms with van der Waals surface area (Å²) in [6.45, 7) is 8.85. The van der Waals surface area contributed by atoms with Crippen molar-refractivity contribution in [3.8, 4) is 0 Å². The minimum absolute atomic E-state index is 0.0933. The van der Waals surface area contributed by atoms with Crippen molar-refractivity contribution >= 4 is 23.3 Å². The summed E-state index contributed by atoms with van der Waals surface area (Å²) in [6, 6.07) is 0. The summed E-state index contributed by atoms with van der Waals surface area (Å²) in [7, 11) is 0. The van der Waals surface area contributed by atoms with Crippen LogP contribution < -0.4 is 0 Å². The molecule has 2 rings (SSSR count). The maximum Gasteiger partial charge on any atom is 0.347 e. The van der Waals surface area contributed by atoms with Crippen molar-refractivity contribution in [1.82, 2.24) is 0 Å². The van der Waals surface area contributed by atoms with Crippen LogP contribution in [0.25, 0.3) is 0 Å². The minimum atomic E-state index is -2.42. The van der Waals surface area contributed by atoms with Gasteiger partial charge in [-0.25, -0.2) is 4.79 Å². The third-order valence-corrected chi connectivity index (χ3v) is 6.14. The van der Waals surface area contributed by atoms with E-state index in [1.807, 2.05) is 13.8 Å². The molecule has 6 unspecified atom stereocenters. The van der Waals surface area contributed by atoms with Crippen molar-refractivity contribution in [3.63, 3.8) is 0 Å². The highest BCUT2D eigenvalue weighted by Crippen LogP contribution is 2.56. The number of esters is 2. The van der Waals surface area contributed by atoms with Crippen molar-refractivity contribution in [2.45, 2.75) is 78.6 Å². The molecule has 2 aliphatic rings. The first kappa shape index (κ1) is 20.3. The lowest BCUT2D eigenvalue weighted by Crippen LogP contribution is -2.45. The Kier molecular flexibility index (Phi) is 5.95. The van der Waals surface area contributed by atoms with E-state index in [0.717, 1.165) is 19.3 Å². The summed E-state index contributed by atoms with van der Waals surface area (Å²) in [6.07, 6.45) is 0.851. The third-order valence-electron chi connectivity index (χ3n) is 5.75. The second-order valence-electron chi connectivity index (χ2n) is 8.08. The summed E-state index contributed by atoms with van der Waals surface area (Å²) in [5.41, 5.74) is -0.955. The smallest absolute Gasteiger partial charge is 0.347 e. The van der Waals surface area contributed by atoms with Gasteiger partial charge >= 0.3 is 23.3 Å². The van der Waals surface area contributed by atoms with Crippen molar-refractivity contribution in [2.75, 3.05) is 0 Å². The monoisotopic (exact) mass is 376 g/mol. The van der Waals surface area contributed by atoms with Gasteiger partial charge in [0, 0.05) is 5.41 Å². The molecule has 2 fully saturated rings. The maximum atomic E-state index is 12.4. The quantitative estimate of drug-likeness (QED) is 0.538. The summed E-state index contributed by atoms with van der Waals surface area (Å²) in [5, 5.41) is 0. The Morgan fingerprint density at radius 1 is 1.40 bits per heavy atom. The van der Waals surface area contributed by atoms with Gasteiger partial charge in [-0.2, -0.15) is 4.21 Å². The number of carbonyl (C=O) groups is 2. The molecular formula is C17H28O7S. The summed E-state index contributed by atoms with van der Waals surface area (Å²) in [4.78, 5) is 24.5. The van der Waals surface area contributed by atoms with Gasteiger partial charge in [-0.15, -0.1) is 0 Å². The SMILES string of the molecule is CCC(C)(C)C(=O)OC(C)C(=O)OC1C(OS(=O)O)C2CCC1(C)C2. The highest BCUT2D eigenvalue weighted by Gasteiger charge is 2.59. The normalized spacial score (nSPS) is 33.8. The lowest BCUT2D eigenvalue weighted by atomic mass is 9.82. The Labute approximate surface area is 151 Å². The largest absolute Gasteiger partial charge is 0.456 e. The van der Waals surface area contributed by atoms with Crippen molar-refractivity contribution in [3.05, 3.63) is 0 Å². The first-order chi connectivity index (χ1) is 11.5. The summed E-state index contributed by atoms with van der Waals surface area (Å²) >= 11 is -2.42. The van der Waals surface area contributed by atoms with E-state index >= 15 is 0 Å². The predicted octanol–water partition coefficient (Wildman–Crippen LogP) is 2.61. The Morgan fingerprint density at radius 2 is 2.04 bits per heavy atom. The van der Waals surface area contributed by atoms with Gasteiger partial charge < -0.3 is 9.47 Å². The van der Waals surface area contributed by atoms with Crippen LogP contribution >= 0.6 is 0 Å². The van der Waals surface area contributed by atoms with E-state index in [4.69, 9.17) is 18.2 Å². The highest BCUT2D eigenvalue weighted by atomic mass is 32.2. The second kappa shape index (κ2) is 7.32. The van der Waals surface area contributed by atoms with Crippen LogP contribution in [0.5, 0.6) is 0 Å². The van der Waals surface area contributed by atoms with E-state index in [1.165, 1.54) is 6.92 Å². The standard InChI is InChI=1S/C17H28O7S/c1-6-16(3,4)15(19)22-10(2)14(18)23-13-12(24-25(20)21)11-7-8-17(13,5)9-11/h10-13H,6-9H2,1-5H3,(H,20,21). The average molecular weight is 376 g/mol. The van der Waals surface area contributed by atoms with E-state index in [1.54, 1.807) is 13.8 Å². The van der Waals surface area contributed by atoms with E-state index in [9.17, 15) is 13.8 Å². The van der Waals surface area contributed by atoms with Gasteiger partial charge in [0.25, 0.3) is 0 Å². The Hall–Kier alpha value is -0.990. The molecule has 144 valence electrons. The number of ether oxygens (including phenoxy) is 2. The molecule has 0 heterocycles. The molecule has 7 nitrogen and oxygen atoms in total. The van der Waals surface area contributed by atoms with Crippen LogP contribution in [0.3, 0.4) is 0 Å². The first-order valence-electron chi connectivity index (χ1n) is 8.70. The van der Waals surface area contributed by atoms with Crippen LogP contribution in [0.4, 0.5) is 0 Å². The van der Waals surface area contributed by atoms with Gasteiger partial charge in [-0.3, -0.25) is 13.5 Å². The molecule has 0 saturated heterocycles. The van der Waals surface area contributed by atoms with E-state index < -0.39 is 47.0 Å². The zero-order chi connectivity index (χ0) is 19.0. The van der Waals surface area contributed by atoms with Crippen LogP contribution in [-0.4, -0.2) is 39.0 Å². The van der Waals surface area contributed by atoms with E-state index in [-0.39, 0.29) is 11.3 Å². The fourth-order valence-corrected chi connectivity index (χ4v) is 4.12. The molecule has 0 aromatic heterocycles. The second-order valence-corrected chi connectivity index (χ2v) is 8.70. The molecule has 0 aromatic carbocycles. The average Bonchev–Trinajstić information content (AvgIpc) is 3.02. The molecule has 2 saturated carbocycles. The number of fused-ring (bicyclic) bond motifs is 2. The van der Waals surface area contributed by atoms with Gasteiger partial charge in [0.15, 0.2) is 6.10 Å². The molecule has 8 heteroatoms. The molecule has 1 N–H and O–H groups in total. The molecule has 0 radical (unpaired) electrons. The van der Waals surface area contributed by atoms with E-state index in [2.05, 4.69) is 0 Å². The van der Waals surface area contributed by atoms with Crippen molar-refractivity contribution in [1.29, 1.82) is 0 Å². The number of hydrogen-bond acceptors (Lipinski definition) is 6. The van der Waals surface area contributed by atoms with Crippen LogP contribution in [0, 0.1) is 16.7 Å². The number of hydrogen-bond donors (Lipinski definition) is 1. The fraction of sp³-hybridized carbons (Fsp3) is 0.882. The maximum absolute atomic E-state index is 12.4. The predicted molar refractivity (Wildman–Crippen MR) is 90.6 cm³/mol. The van der Waals surface area contributed by atoms with Gasteiger partial charge in [0.2, 0.25) is 0 Å². The van der Waals surface area contributed by atoms with Crippen molar-refractivity contribution in [2.24, 2.45) is 16.7 Å². The van der Waals surface area contributed by atoms with Crippen LogP contribution in [0.1, 0.15) is 60.3 Å². The topological polar surface area (TPSA) is 99.1 Å². The lowest BCUT2D eigenvalue weighted by molar-refractivity contribution is -0.182. The zero-order valence-corrected chi connectivity index (χ0v) is 16.3. The van der Waals surface area contributed by atoms with E-state index in [0.29, 0.717) is 6.42 Å². The lowest BCUT2D eigenvalue weighted by Gasteiger charge is -2.35. The Bertz CT molecular complexity index is 561. The molecule has 2 aliphatic carbocycles. The Balaban J connectivity index is 2.02. The summed E-state index contributed by atoms with van der Waals surface area (Å²) in [5.74, 6) is -1.02. The van der Waals surface area contributed by atoms with Gasteiger partial charge in [0.05, 0.1) is 5.41 Å². The molecule has 2 bridgehead atoms. The first-order valence-corrected chi connectivity index (χ1v) is 9.73. The molecule has 0 amide bonds. The Morgan fingerprint density at radius 3 is 2.60 bits per heavy atom. The van der Waals surface area contributed by atoms with Crippen molar-refractivity contribution < 1.29 is 32.0 Å². The van der Waals surface area contributed by atoms with Crippen LogP contribution in [0.2, 0.25) is 0 Å². The molecule has 0 spiro atoms. The molecule has 6 atom stereocenters.